The van der Waals surface area contributed by atoms with Gasteiger partial charge in [-0.25, -0.2) is 14.8 Å². The summed E-state index contributed by atoms with van der Waals surface area (Å²) in [5.74, 6) is 0.757. The predicted molar refractivity (Wildman–Crippen MR) is 139 cm³/mol. The van der Waals surface area contributed by atoms with Crippen molar-refractivity contribution in [2.24, 2.45) is 0 Å². The lowest BCUT2D eigenvalue weighted by molar-refractivity contribution is 0.0240. The van der Waals surface area contributed by atoms with Crippen LogP contribution in [0.4, 0.5) is 22.0 Å². The molecule has 3 heterocycles. The van der Waals surface area contributed by atoms with Gasteiger partial charge < -0.3 is 24.8 Å². The first-order valence-corrected chi connectivity index (χ1v) is 12.1. The molecule has 1 saturated heterocycles. The second kappa shape index (κ2) is 8.79. The van der Waals surface area contributed by atoms with Crippen molar-refractivity contribution in [1.29, 1.82) is 0 Å². The summed E-state index contributed by atoms with van der Waals surface area (Å²) in [7, 11) is 0. The summed E-state index contributed by atoms with van der Waals surface area (Å²) in [6, 6.07) is 14.4. The lowest BCUT2D eigenvalue weighted by atomic mass is 10.2. The van der Waals surface area contributed by atoms with Crippen LogP contribution in [0.2, 0.25) is 0 Å². The maximum atomic E-state index is 12.3. The Balaban J connectivity index is 1.29. The van der Waals surface area contributed by atoms with E-state index < -0.39 is 5.60 Å². The minimum Gasteiger partial charge on any atom is -0.444 e. The number of carbonyl (C=O) groups is 1. The lowest BCUT2D eigenvalue weighted by Gasteiger charge is -2.36. The topological polar surface area (TPSA) is 86.4 Å². The molecule has 176 valence electrons. The van der Waals surface area contributed by atoms with E-state index in [2.05, 4.69) is 59.3 Å². The molecule has 0 saturated carbocycles. The maximum Gasteiger partial charge on any atom is 0.410 e. The molecule has 0 unspecified atom stereocenters. The first kappa shape index (κ1) is 22.5. The number of H-pyrrole nitrogens is 1. The number of hydrogen-bond donors (Lipinski definition) is 2. The Labute approximate surface area is 206 Å². The number of nitrogens with zero attached hydrogens (tertiary/aromatic N) is 4. The maximum absolute atomic E-state index is 12.3. The number of ether oxygens (including phenoxy) is 1. The van der Waals surface area contributed by atoms with Gasteiger partial charge in [-0.1, -0.05) is 15.9 Å². The molecule has 1 amide bonds. The van der Waals surface area contributed by atoms with Gasteiger partial charge in [-0.3, -0.25) is 0 Å². The van der Waals surface area contributed by atoms with Crippen molar-refractivity contribution in [3.8, 4) is 0 Å². The van der Waals surface area contributed by atoms with Gasteiger partial charge in [-0.05, 0) is 63.2 Å². The molecule has 34 heavy (non-hydrogen) atoms. The molecular weight excluding hydrogens is 496 g/mol. The molecule has 2 aromatic heterocycles. The van der Waals surface area contributed by atoms with Crippen molar-refractivity contribution < 1.29 is 9.53 Å². The van der Waals surface area contributed by atoms with E-state index in [1.165, 1.54) is 0 Å². The number of aromatic nitrogens is 3. The van der Waals surface area contributed by atoms with E-state index in [0.29, 0.717) is 13.1 Å². The fourth-order valence-electron chi connectivity index (χ4n) is 4.16. The fraction of sp³-hybridized carbons (Fsp3) is 0.320. The van der Waals surface area contributed by atoms with Gasteiger partial charge in [0.15, 0.2) is 0 Å². The van der Waals surface area contributed by atoms with Crippen LogP contribution in [-0.4, -0.2) is 57.7 Å². The Morgan fingerprint density at radius 2 is 1.79 bits per heavy atom. The monoisotopic (exact) mass is 522 g/mol. The van der Waals surface area contributed by atoms with E-state index in [0.717, 1.165) is 56.7 Å². The van der Waals surface area contributed by atoms with Gasteiger partial charge in [-0.2, -0.15) is 0 Å². The van der Waals surface area contributed by atoms with Crippen molar-refractivity contribution >= 4 is 61.2 Å². The highest BCUT2D eigenvalue weighted by molar-refractivity contribution is 9.10. The lowest BCUT2D eigenvalue weighted by Crippen LogP contribution is -2.50. The summed E-state index contributed by atoms with van der Waals surface area (Å²) in [4.78, 5) is 28.6. The van der Waals surface area contributed by atoms with Crippen molar-refractivity contribution in [2.75, 3.05) is 36.4 Å². The molecule has 0 atom stereocenters. The standard InChI is InChI=1S/C25H27BrN6O2/c1-25(2,3)34-24(33)32-12-10-31(11-13-32)18-7-5-17(6-8-18)29-22-21-19-14-16(26)4-9-20(19)30-23(21)28-15-27-22/h4-9,14-15H,10-13H2,1-3H3,(H2,27,28,29,30). The molecular formula is C25H27BrN6O2. The molecule has 0 spiro atoms. The highest BCUT2D eigenvalue weighted by Gasteiger charge is 2.26. The summed E-state index contributed by atoms with van der Waals surface area (Å²) in [6.45, 7) is 8.49. The van der Waals surface area contributed by atoms with Crippen molar-refractivity contribution in [3.63, 3.8) is 0 Å². The molecule has 0 radical (unpaired) electrons. The van der Waals surface area contributed by atoms with Gasteiger partial charge in [0.2, 0.25) is 0 Å². The third-order valence-electron chi connectivity index (χ3n) is 5.78. The van der Waals surface area contributed by atoms with Gasteiger partial charge in [0.1, 0.15) is 23.4 Å². The number of aromatic amines is 1. The summed E-state index contributed by atoms with van der Waals surface area (Å²) >= 11 is 3.56. The van der Waals surface area contributed by atoms with E-state index in [4.69, 9.17) is 4.74 Å². The molecule has 0 bridgehead atoms. The van der Waals surface area contributed by atoms with Crippen molar-refractivity contribution in [3.05, 3.63) is 53.3 Å². The summed E-state index contributed by atoms with van der Waals surface area (Å²) in [5, 5.41) is 5.47. The van der Waals surface area contributed by atoms with Gasteiger partial charge >= 0.3 is 6.09 Å². The molecule has 4 aromatic rings. The molecule has 9 heteroatoms. The van der Waals surface area contributed by atoms with Crippen LogP contribution in [-0.2, 0) is 4.74 Å². The van der Waals surface area contributed by atoms with Crippen LogP contribution in [0.15, 0.2) is 53.3 Å². The van der Waals surface area contributed by atoms with Gasteiger partial charge in [0.05, 0.1) is 5.39 Å². The van der Waals surface area contributed by atoms with Crippen LogP contribution >= 0.6 is 15.9 Å². The first-order valence-electron chi connectivity index (χ1n) is 11.3. The number of fused-ring (bicyclic) bond motifs is 3. The minimum absolute atomic E-state index is 0.243. The number of carbonyl (C=O) groups excluding carboxylic acids is 1. The van der Waals surface area contributed by atoms with Crippen LogP contribution in [0.25, 0.3) is 21.9 Å². The molecule has 1 fully saturated rings. The number of benzene rings is 2. The normalized spacial score (nSPS) is 14.6. The number of amides is 1. The van der Waals surface area contributed by atoms with Crippen LogP contribution in [0, 0.1) is 0 Å². The zero-order valence-electron chi connectivity index (χ0n) is 19.4. The highest BCUT2D eigenvalue weighted by Crippen LogP contribution is 2.32. The smallest absolute Gasteiger partial charge is 0.410 e. The fourth-order valence-corrected chi connectivity index (χ4v) is 4.52. The van der Waals surface area contributed by atoms with Gasteiger partial charge in [0, 0.05) is 52.9 Å². The third kappa shape index (κ3) is 4.65. The van der Waals surface area contributed by atoms with Gasteiger partial charge in [-0.15, -0.1) is 0 Å². The molecule has 5 rings (SSSR count). The molecule has 2 N–H and O–H groups in total. The van der Waals surface area contributed by atoms with Crippen LogP contribution in [0.5, 0.6) is 0 Å². The Morgan fingerprint density at radius 1 is 1.06 bits per heavy atom. The quantitative estimate of drug-likeness (QED) is 0.360. The molecule has 1 aliphatic heterocycles. The summed E-state index contributed by atoms with van der Waals surface area (Å²) in [6.07, 6.45) is 1.32. The average Bonchev–Trinajstić information content (AvgIpc) is 3.17. The van der Waals surface area contributed by atoms with Crippen LogP contribution < -0.4 is 10.2 Å². The minimum atomic E-state index is -0.477. The number of nitrogens with one attached hydrogen (secondary N) is 2. The van der Waals surface area contributed by atoms with E-state index >= 15 is 0 Å². The molecule has 0 aliphatic carbocycles. The average molecular weight is 523 g/mol. The number of anilines is 3. The predicted octanol–water partition coefficient (Wildman–Crippen LogP) is 5.67. The number of rotatable bonds is 3. The zero-order valence-corrected chi connectivity index (χ0v) is 21.0. The Bertz CT molecular complexity index is 1340. The van der Waals surface area contributed by atoms with E-state index in [9.17, 15) is 4.79 Å². The largest absolute Gasteiger partial charge is 0.444 e. The van der Waals surface area contributed by atoms with Crippen molar-refractivity contribution in [1.82, 2.24) is 19.9 Å². The molecule has 8 nitrogen and oxygen atoms in total. The molecule has 1 aliphatic rings. The Kier molecular flexibility index (Phi) is 5.81. The zero-order chi connectivity index (χ0) is 23.9. The van der Waals surface area contributed by atoms with Gasteiger partial charge in [0.25, 0.3) is 0 Å². The summed E-state index contributed by atoms with van der Waals surface area (Å²) < 4.78 is 6.50. The Morgan fingerprint density at radius 3 is 2.50 bits per heavy atom. The van der Waals surface area contributed by atoms with Crippen LogP contribution in [0.3, 0.4) is 0 Å². The Hall–Kier alpha value is -3.33. The second-order valence-electron chi connectivity index (χ2n) is 9.39. The summed E-state index contributed by atoms with van der Waals surface area (Å²) in [5.41, 5.74) is 3.40. The number of hydrogen-bond acceptors (Lipinski definition) is 6. The molecule has 2 aromatic carbocycles. The second-order valence-corrected chi connectivity index (χ2v) is 10.3. The van der Waals surface area contributed by atoms with Crippen molar-refractivity contribution in [2.45, 2.75) is 26.4 Å². The first-order chi connectivity index (χ1) is 16.3. The van der Waals surface area contributed by atoms with E-state index in [1.807, 2.05) is 45.0 Å². The SMILES string of the molecule is CC(C)(C)OC(=O)N1CCN(c2ccc(Nc3ncnc4[nH]c5ccc(Br)cc5c34)cc2)CC1. The van der Waals surface area contributed by atoms with E-state index in [1.54, 1.807) is 11.2 Å². The van der Waals surface area contributed by atoms with Crippen LogP contribution in [0.1, 0.15) is 20.8 Å². The van der Waals surface area contributed by atoms with E-state index in [-0.39, 0.29) is 6.09 Å². The third-order valence-corrected chi connectivity index (χ3v) is 6.27. The number of piperazine rings is 1. The number of halogens is 1. The highest BCUT2D eigenvalue weighted by atomic mass is 79.9.